The molecule has 2 aliphatic carbocycles. The van der Waals surface area contributed by atoms with Crippen molar-refractivity contribution >= 4 is 22.7 Å². The van der Waals surface area contributed by atoms with Crippen LogP contribution in [0.15, 0.2) is 34.2 Å². The Morgan fingerprint density at radius 1 is 1.00 bits per heavy atom. The van der Waals surface area contributed by atoms with Crippen LogP contribution in [0, 0.1) is 11.8 Å². The standard InChI is InChI=1S/C30H40N4O5/c1-3-39-30(36)28(32-37-2)27-29(35)34(26-11-7-6-10-25(26)31-27)22-15-23-17-38-18-24(16-22)33(23)21-13-19-8-4-5-9-20(12-19)14-21/h6-7,10-11,19-24H,3-5,8-9,12-18H2,1-2H3/b32-28-/t19?,20?,21?,22?,23-,24+. The molecule has 1 aromatic heterocycles. The van der Waals surface area contributed by atoms with E-state index < -0.39 is 5.97 Å². The Labute approximate surface area is 229 Å². The number of carbonyl (C=O) groups is 1. The topological polar surface area (TPSA) is 95.2 Å². The minimum Gasteiger partial charge on any atom is -0.461 e. The van der Waals surface area contributed by atoms with Gasteiger partial charge in [-0.2, -0.15) is 0 Å². The first-order valence-electron chi connectivity index (χ1n) is 14.7. The van der Waals surface area contributed by atoms with Gasteiger partial charge >= 0.3 is 5.97 Å². The predicted molar refractivity (Wildman–Crippen MR) is 148 cm³/mol. The first kappa shape index (κ1) is 26.4. The molecule has 2 saturated heterocycles. The van der Waals surface area contributed by atoms with Crippen molar-refractivity contribution in [3.05, 3.63) is 40.3 Å². The lowest BCUT2D eigenvalue weighted by Crippen LogP contribution is -2.62. The first-order valence-corrected chi connectivity index (χ1v) is 14.7. The average Bonchev–Trinajstić information content (AvgIpc) is 3.10. The number of morpholine rings is 1. The van der Waals surface area contributed by atoms with E-state index in [-0.39, 0.29) is 41.7 Å². The van der Waals surface area contributed by atoms with Crippen LogP contribution in [0.25, 0.3) is 11.0 Å². The Morgan fingerprint density at radius 2 is 1.69 bits per heavy atom. The number of ether oxygens (including phenoxy) is 2. The molecule has 3 heterocycles. The van der Waals surface area contributed by atoms with Gasteiger partial charge in [0.2, 0.25) is 5.71 Å². The number of benzene rings is 1. The van der Waals surface area contributed by atoms with E-state index in [1.807, 2.05) is 28.8 Å². The third kappa shape index (κ3) is 5.11. The highest BCUT2D eigenvalue weighted by molar-refractivity contribution is 6.42. The summed E-state index contributed by atoms with van der Waals surface area (Å²) in [6, 6.07) is 8.74. The van der Waals surface area contributed by atoms with Crippen LogP contribution in [-0.4, -0.2) is 71.2 Å². The average molecular weight is 537 g/mol. The molecular weight excluding hydrogens is 496 g/mol. The largest absolute Gasteiger partial charge is 0.461 e. The van der Waals surface area contributed by atoms with Crippen molar-refractivity contribution in [2.24, 2.45) is 17.0 Å². The van der Waals surface area contributed by atoms with Gasteiger partial charge in [0.1, 0.15) is 7.11 Å². The molecule has 1 aromatic carbocycles. The van der Waals surface area contributed by atoms with E-state index in [0.29, 0.717) is 24.8 Å². The van der Waals surface area contributed by atoms with Crippen molar-refractivity contribution in [1.82, 2.24) is 14.5 Å². The SMILES string of the molecule is CCOC(=O)/C(=N\OC)c1nc2ccccc2n(C2C[C@H]3COC[C@@H](C2)N3C2CC3CCCCC(C3)C2)c1=O. The Balaban J connectivity index is 1.36. The molecule has 2 aromatic rings. The zero-order valence-corrected chi connectivity index (χ0v) is 23.1. The van der Waals surface area contributed by atoms with Gasteiger partial charge in [-0.3, -0.25) is 9.69 Å². The number of esters is 1. The third-order valence-corrected chi connectivity index (χ3v) is 9.36. The van der Waals surface area contributed by atoms with Crippen molar-refractivity contribution in [3.63, 3.8) is 0 Å². The molecule has 0 amide bonds. The number of hydrogen-bond donors (Lipinski definition) is 0. The second-order valence-electron chi connectivity index (χ2n) is 11.8. The molecule has 5 atom stereocenters. The number of nitrogens with zero attached hydrogens (tertiary/aromatic N) is 4. The smallest absolute Gasteiger partial charge is 0.362 e. The Bertz CT molecular complexity index is 1260. The molecule has 4 bridgehead atoms. The van der Waals surface area contributed by atoms with E-state index in [2.05, 4.69) is 15.0 Å². The van der Waals surface area contributed by atoms with Gasteiger partial charge in [-0.15, -0.1) is 0 Å². The fourth-order valence-electron chi connectivity index (χ4n) is 7.97. The van der Waals surface area contributed by atoms with Gasteiger partial charge in [0.15, 0.2) is 5.69 Å². The summed E-state index contributed by atoms with van der Waals surface area (Å²) in [4.78, 5) is 39.1. The molecule has 39 heavy (non-hydrogen) atoms. The van der Waals surface area contributed by atoms with E-state index in [9.17, 15) is 9.59 Å². The molecule has 0 spiro atoms. The number of para-hydroxylation sites is 2. The van der Waals surface area contributed by atoms with Crippen LogP contribution in [0.5, 0.6) is 0 Å². The van der Waals surface area contributed by atoms with Crippen LogP contribution >= 0.6 is 0 Å². The van der Waals surface area contributed by atoms with Crippen molar-refractivity contribution in [2.45, 2.75) is 88.9 Å². The number of aromatic nitrogens is 2. The molecule has 4 fully saturated rings. The molecule has 210 valence electrons. The van der Waals surface area contributed by atoms with E-state index in [0.717, 1.165) is 30.2 Å². The molecule has 2 aliphatic heterocycles. The number of fused-ring (bicyclic) bond motifs is 5. The predicted octanol–water partition coefficient (Wildman–Crippen LogP) is 4.07. The fraction of sp³-hybridized carbons (Fsp3) is 0.667. The van der Waals surface area contributed by atoms with E-state index in [1.54, 1.807) is 6.92 Å². The molecule has 0 radical (unpaired) electrons. The zero-order chi connectivity index (χ0) is 26.9. The van der Waals surface area contributed by atoms with Gasteiger partial charge in [0, 0.05) is 24.2 Å². The van der Waals surface area contributed by atoms with E-state index in [4.69, 9.17) is 14.3 Å². The Hall–Kier alpha value is -2.78. The molecule has 2 saturated carbocycles. The molecule has 3 unspecified atom stereocenters. The van der Waals surface area contributed by atoms with Gasteiger partial charge in [-0.05, 0) is 63.0 Å². The molecular formula is C30H40N4O5. The Kier molecular flexibility index (Phi) is 7.71. The molecule has 0 N–H and O–H groups in total. The summed E-state index contributed by atoms with van der Waals surface area (Å²) in [5, 5.41) is 3.87. The Morgan fingerprint density at radius 3 is 2.36 bits per heavy atom. The van der Waals surface area contributed by atoms with Crippen LogP contribution in [-0.2, 0) is 19.1 Å². The monoisotopic (exact) mass is 536 g/mol. The van der Waals surface area contributed by atoms with Crippen molar-refractivity contribution < 1.29 is 19.1 Å². The van der Waals surface area contributed by atoms with Gasteiger partial charge in [-0.25, -0.2) is 9.78 Å². The summed E-state index contributed by atoms with van der Waals surface area (Å²) in [7, 11) is 1.34. The summed E-state index contributed by atoms with van der Waals surface area (Å²) >= 11 is 0. The molecule has 6 rings (SSSR count). The zero-order valence-electron chi connectivity index (χ0n) is 23.1. The van der Waals surface area contributed by atoms with Crippen LogP contribution in [0.3, 0.4) is 0 Å². The number of hydrogen-bond acceptors (Lipinski definition) is 8. The lowest BCUT2D eigenvalue weighted by molar-refractivity contribution is -0.135. The number of carbonyl (C=O) groups excluding carboxylic acids is 1. The second kappa shape index (κ2) is 11.4. The second-order valence-corrected chi connectivity index (χ2v) is 11.8. The minimum atomic E-state index is -0.718. The van der Waals surface area contributed by atoms with Crippen LogP contribution < -0.4 is 5.56 Å². The third-order valence-electron chi connectivity index (χ3n) is 9.36. The fourth-order valence-corrected chi connectivity index (χ4v) is 7.97. The molecule has 9 nitrogen and oxygen atoms in total. The lowest BCUT2D eigenvalue weighted by atomic mass is 9.75. The maximum absolute atomic E-state index is 14.1. The van der Waals surface area contributed by atoms with Crippen molar-refractivity contribution in [1.29, 1.82) is 0 Å². The number of oxime groups is 1. The highest BCUT2D eigenvalue weighted by Crippen LogP contribution is 2.44. The quantitative estimate of drug-likeness (QED) is 0.312. The van der Waals surface area contributed by atoms with Gasteiger partial charge in [0.05, 0.1) is 30.9 Å². The highest BCUT2D eigenvalue weighted by Gasteiger charge is 2.46. The van der Waals surface area contributed by atoms with E-state index in [1.165, 1.54) is 52.1 Å². The van der Waals surface area contributed by atoms with Crippen molar-refractivity contribution in [3.8, 4) is 0 Å². The maximum atomic E-state index is 14.1. The highest BCUT2D eigenvalue weighted by atomic mass is 16.6. The van der Waals surface area contributed by atoms with Crippen molar-refractivity contribution in [2.75, 3.05) is 26.9 Å². The van der Waals surface area contributed by atoms with Gasteiger partial charge < -0.3 is 18.9 Å². The van der Waals surface area contributed by atoms with Crippen LogP contribution in [0.4, 0.5) is 0 Å². The molecule has 9 heteroatoms. The summed E-state index contributed by atoms with van der Waals surface area (Å²) in [5.74, 6) is 0.988. The van der Waals surface area contributed by atoms with Crippen LogP contribution in [0.1, 0.15) is 76.4 Å². The summed E-state index contributed by atoms with van der Waals surface area (Å²) < 4.78 is 13.1. The van der Waals surface area contributed by atoms with Gasteiger partial charge in [0.25, 0.3) is 5.56 Å². The van der Waals surface area contributed by atoms with E-state index >= 15 is 0 Å². The molecule has 4 aliphatic rings. The number of piperidine rings is 1. The lowest BCUT2D eigenvalue weighted by Gasteiger charge is -2.54. The van der Waals surface area contributed by atoms with Crippen LogP contribution in [0.2, 0.25) is 0 Å². The first-order chi connectivity index (χ1) is 19.1. The maximum Gasteiger partial charge on any atom is 0.362 e. The number of rotatable bonds is 6. The normalized spacial score (nSPS) is 31.5. The minimum absolute atomic E-state index is 0.0313. The summed E-state index contributed by atoms with van der Waals surface area (Å²) in [5.41, 5.74) is 0.843. The van der Waals surface area contributed by atoms with Gasteiger partial charge in [-0.1, -0.05) is 43.0 Å². The summed E-state index contributed by atoms with van der Waals surface area (Å²) in [6.45, 7) is 3.27. The summed E-state index contributed by atoms with van der Waals surface area (Å²) in [6.07, 6.45) is 11.2.